The third kappa shape index (κ3) is 2.44. The SMILES string of the molecule is CCc1c(CC(C)C)ncnc1NC. The summed E-state index contributed by atoms with van der Waals surface area (Å²) < 4.78 is 0. The van der Waals surface area contributed by atoms with Crippen molar-refractivity contribution in [2.24, 2.45) is 5.92 Å². The van der Waals surface area contributed by atoms with Crippen molar-refractivity contribution in [3.8, 4) is 0 Å². The fourth-order valence-corrected chi connectivity index (χ4v) is 1.60. The Kier molecular flexibility index (Phi) is 3.86. The van der Waals surface area contributed by atoms with Gasteiger partial charge in [-0.05, 0) is 18.8 Å². The van der Waals surface area contributed by atoms with Crippen LogP contribution < -0.4 is 5.32 Å². The normalized spacial score (nSPS) is 10.6. The second-order valence-electron chi connectivity index (χ2n) is 3.85. The third-order valence-corrected chi connectivity index (χ3v) is 2.23. The third-order valence-electron chi connectivity index (χ3n) is 2.23. The zero-order chi connectivity index (χ0) is 10.6. The van der Waals surface area contributed by atoms with Gasteiger partial charge in [0.15, 0.2) is 0 Å². The minimum atomic E-state index is 0.639. The zero-order valence-corrected chi connectivity index (χ0v) is 9.46. The summed E-state index contributed by atoms with van der Waals surface area (Å²) in [6.45, 7) is 6.56. The summed E-state index contributed by atoms with van der Waals surface area (Å²) in [7, 11) is 1.90. The largest absolute Gasteiger partial charge is 0.373 e. The molecule has 78 valence electrons. The summed E-state index contributed by atoms with van der Waals surface area (Å²) in [4.78, 5) is 8.56. The van der Waals surface area contributed by atoms with Crippen molar-refractivity contribution in [3.05, 3.63) is 17.6 Å². The smallest absolute Gasteiger partial charge is 0.132 e. The van der Waals surface area contributed by atoms with Crippen molar-refractivity contribution < 1.29 is 0 Å². The van der Waals surface area contributed by atoms with Crippen LogP contribution in [0.2, 0.25) is 0 Å². The van der Waals surface area contributed by atoms with E-state index in [4.69, 9.17) is 0 Å². The monoisotopic (exact) mass is 193 g/mol. The van der Waals surface area contributed by atoms with Gasteiger partial charge in [-0.2, -0.15) is 0 Å². The number of anilines is 1. The molecule has 1 aromatic heterocycles. The Balaban J connectivity index is 3.02. The molecule has 0 aliphatic rings. The van der Waals surface area contributed by atoms with E-state index in [2.05, 4.69) is 36.1 Å². The molecule has 0 unspecified atom stereocenters. The molecule has 1 heterocycles. The molecule has 0 aliphatic heterocycles. The average molecular weight is 193 g/mol. The molecule has 0 bridgehead atoms. The summed E-state index contributed by atoms with van der Waals surface area (Å²) in [5.41, 5.74) is 2.44. The molecule has 3 heteroatoms. The maximum Gasteiger partial charge on any atom is 0.132 e. The molecule has 3 nitrogen and oxygen atoms in total. The molecule has 1 rings (SSSR count). The van der Waals surface area contributed by atoms with Crippen molar-refractivity contribution in [3.63, 3.8) is 0 Å². The van der Waals surface area contributed by atoms with E-state index in [1.54, 1.807) is 6.33 Å². The minimum Gasteiger partial charge on any atom is -0.373 e. The Morgan fingerprint density at radius 2 is 2.07 bits per heavy atom. The lowest BCUT2D eigenvalue weighted by atomic mass is 10.0. The summed E-state index contributed by atoms with van der Waals surface area (Å²) in [5, 5.41) is 3.11. The summed E-state index contributed by atoms with van der Waals surface area (Å²) in [6, 6.07) is 0. The lowest BCUT2D eigenvalue weighted by molar-refractivity contribution is 0.629. The summed E-state index contributed by atoms with van der Waals surface area (Å²) in [6.07, 6.45) is 3.65. The zero-order valence-electron chi connectivity index (χ0n) is 9.46. The average Bonchev–Trinajstić information content (AvgIpc) is 2.16. The van der Waals surface area contributed by atoms with Crippen LogP contribution in [0.1, 0.15) is 32.0 Å². The van der Waals surface area contributed by atoms with Gasteiger partial charge >= 0.3 is 0 Å². The van der Waals surface area contributed by atoms with E-state index in [-0.39, 0.29) is 0 Å². The maximum absolute atomic E-state index is 4.35. The van der Waals surface area contributed by atoms with Gasteiger partial charge in [-0.15, -0.1) is 0 Å². The molecule has 0 amide bonds. The van der Waals surface area contributed by atoms with Crippen LogP contribution in [0, 0.1) is 5.92 Å². The van der Waals surface area contributed by atoms with Gasteiger partial charge in [0.05, 0.1) is 0 Å². The van der Waals surface area contributed by atoms with Gasteiger partial charge in [-0.1, -0.05) is 20.8 Å². The first-order valence-corrected chi connectivity index (χ1v) is 5.19. The second-order valence-corrected chi connectivity index (χ2v) is 3.85. The molecule has 14 heavy (non-hydrogen) atoms. The number of aromatic nitrogens is 2. The highest BCUT2D eigenvalue weighted by Gasteiger charge is 2.09. The van der Waals surface area contributed by atoms with Crippen LogP contribution in [0.3, 0.4) is 0 Å². The first-order valence-electron chi connectivity index (χ1n) is 5.19. The van der Waals surface area contributed by atoms with E-state index >= 15 is 0 Å². The van der Waals surface area contributed by atoms with Gasteiger partial charge in [0.25, 0.3) is 0 Å². The van der Waals surface area contributed by atoms with Crippen molar-refractivity contribution in [2.45, 2.75) is 33.6 Å². The molecule has 0 atom stereocenters. The van der Waals surface area contributed by atoms with Crippen LogP contribution in [-0.2, 0) is 12.8 Å². The molecule has 0 saturated carbocycles. The van der Waals surface area contributed by atoms with Crippen LogP contribution in [0.5, 0.6) is 0 Å². The highest BCUT2D eigenvalue weighted by Crippen LogP contribution is 2.18. The first-order chi connectivity index (χ1) is 6.69. The number of rotatable bonds is 4. The van der Waals surface area contributed by atoms with Crippen LogP contribution in [0.4, 0.5) is 5.82 Å². The fourth-order valence-electron chi connectivity index (χ4n) is 1.60. The lowest BCUT2D eigenvalue weighted by Gasteiger charge is -2.12. The van der Waals surface area contributed by atoms with Crippen molar-refractivity contribution in [1.29, 1.82) is 0 Å². The molecular weight excluding hydrogens is 174 g/mol. The quantitative estimate of drug-likeness (QED) is 0.797. The van der Waals surface area contributed by atoms with E-state index in [1.165, 1.54) is 11.3 Å². The van der Waals surface area contributed by atoms with Gasteiger partial charge in [-0.25, -0.2) is 9.97 Å². The van der Waals surface area contributed by atoms with Gasteiger partial charge in [0.1, 0.15) is 12.1 Å². The second kappa shape index (κ2) is 4.94. The van der Waals surface area contributed by atoms with E-state index < -0.39 is 0 Å². The fraction of sp³-hybridized carbons (Fsp3) is 0.636. The first kappa shape index (κ1) is 11.0. The molecule has 0 spiro atoms. The lowest BCUT2D eigenvalue weighted by Crippen LogP contribution is -2.07. The Hall–Kier alpha value is -1.12. The molecule has 1 N–H and O–H groups in total. The molecule has 0 fully saturated rings. The van der Waals surface area contributed by atoms with Crippen LogP contribution in [-0.4, -0.2) is 17.0 Å². The van der Waals surface area contributed by atoms with Gasteiger partial charge in [-0.3, -0.25) is 0 Å². The van der Waals surface area contributed by atoms with Gasteiger partial charge in [0, 0.05) is 18.3 Å². The van der Waals surface area contributed by atoms with Crippen molar-refractivity contribution >= 4 is 5.82 Å². The van der Waals surface area contributed by atoms with Crippen molar-refractivity contribution in [1.82, 2.24) is 9.97 Å². The van der Waals surface area contributed by atoms with E-state index in [0.717, 1.165) is 18.7 Å². The number of hydrogen-bond acceptors (Lipinski definition) is 3. The minimum absolute atomic E-state index is 0.639. The highest BCUT2D eigenvalue weighted by atomic mass is 15.0. The predicted molar refractivity (Wildman–Crippen MR) is 59.5 cm³/mol. The van der Waals surface area contributed by atoms with Crippen LogP contribution in [0.25, 0.3) is 0 Å². The van der Waals surface area contributed by atoms with Gasteiger partial charge < -0.3 is 5.32 Å². The maximum atomic E-state index is 4.35. The molecule has 0 saturated heterocycles. The number of nitrogens with zero attached hydrogens (tertiary/aromatic N) is 2. The van der Waals surface area contributed by atoms with Crippen LogP contribution >= 0.6 is 0 Å². The van der Waals surface area contributed by atoms with E-state index in [9.17, 15) is 0 Å². The van der Waals surface area contributed by atoms with Gasteiger partial charge in [0.2, 0.25) is 0 Å². The molecule has 0 aliphatic carbocycles. The number of hydrogen-bond donors (Lipinski definition) is 1. The topological polar surface area (TPSA) is 37.8 Å². The Labute approximate surface area is 86.0 Å². The molecule has 0 aromatic carbocycles. The molecule has 1 aromatic rings. The summed E-state index contributed by atoms with van der Waals surface area (Å²) >= 11 is 0. The van der Waals surface area contributed by atoms with E-state index in [0.29, 0.717) is 5.92 Å². The van der Waals surface area contributed by atoms with Crippen molar-refractivity contribution in [2.75, 3.05) is 12.4 Å². The summed E-state index contributed by atoms with van der Waals surface area (Å²) in [5.74, 6) is 1.61. The Bertz CT molecular complexity index is 295. The number of nitrogens with one attached hydrogen (secondary N) is 1. The van der Waals surface area contributed by atoms with E-state index in [1.807, 2.05) is 7.05 Å². The molecular formula is C11H19N3. The Morgan fingerprint density at radius 1 is 1.36 bits per heavy atom. The predicted octanol–water partition coefficient (Wildman–Crippen LogP) is 2.28. The Morgan fingerprint density at radius 3 is 2.57 bits per heavy atom. The standard InChI is InChI=1S/C11H19N3/c1-5-9-10(6-8(2)3)13-7-14-11(9)12-4/h7-8H,5-6H2,1-4H3,(H,12,13,14). The highest BCUT2D eigenvalue weighted by molar-refractivity contribution is 5.45. The molecule has 0 radical (unpaired) electrons. The van der Waals surface area contributed by atoms with Crippen LogP contribution in [0.15, 0.2) is 6.33 Å².